The van der Waals surface area contributed by atoms with Gasteiger partial charge in [0.05, 0.1) is 11.9 Å². The van der Waals surface area contributed by atoms with Crippen LogP contribution in [0, 0.1) is 0 Å². The van der Waals surface area contributed by atoms with Gasteiger partial charge >= 0.3 is 5.24 Å². The van der Waals surface area contributed by atoms with Crippen molar-refractivity contribution in [2.75, 3.05) is 14.1 Å². The first-order valence-electron chi connectivity index (χ1n) is 5.25. The van der Waals surface area contributed by atoms with Gasteiger partial charge in [-0.3, -0.25) is 4.79 Å². The Morgan fingerprint density at radius 1 is 1.29 bits per heavy atom. The van der Waals surface area contributed by atoms with E-state index in [9.17, 15) is 4.79 Å². The molecule has 0 aliphatic heterocycles. The first-order valence-corrected chi connectivity index (χ1v) is 6.03. The molecule has 0 bridgehead atoms. The van der Waals surface area contributed by atoms with Crippen molar-refractivity contribution in [3.8, 4) is 0 Å². The van der Waals surface area contributed by atoms with Crippen molar-refractivity contribution in [2.45, 2.75) is 6.92 Å². The molecule has 0 saturated carbocycles. The van der Waals surface area contributed by atoms with Crippen LogP contribution in [0.3, 0.4) is 0 Å². The summed E-state index contributed by atoms with van der Waals surface area (Å²) in [6.07, 6.45) is 3.87. The number of carbonyl (C=O) groups is 1. The van der Waals surface area contributed by atoms with Crippen LogP contribution >= 0.6 is 11.9 Å². The second-order valence-electron chi connectivity index (χ2n) is 3.73. The molecule has 1 rings (SSSR count). The average molecular weight is 248 g/mol. The SMILES string of the molecule is CC(/C=C/c1ccccc1)=N\SC(=O)N(C)C. The van der Waals surface area contributed by atoms with E-state index in [2.05, 4.69) is 4.40 Å². The van der Waals surface area contributed by atoms with Crippen molar-refractivity contribution < 1.29 is 4.79 Å². The maximum atomic E-state index is 11.3. The minimum Gasteiger partial charge on any atom is -0.338 e. The third-order valence-corrected chi connectivity index (χ3v) is 2.85. The summed E-state index contributed by atoms with van der Waals surface area (Å²) >= 11 is 0.951. The molecule has 0 aliphatic carbocycles. The Bertz CT molecular complexity index is 424. The van der Waals surface area contributed by atoms with E-state index in [1.165, 1.54) is 4.90 Å². The summed E-state index contributed by atoms with van der Waals surface area (Å²) in [5.41, 5.74) is 1.93. The monoisotopic (exact) mass is 248 g/mol. The molecule has 0 N–H and O–H groups in total. The average Bonchev–Trinajstić information content (AvgIpc) is 2.34. The smallest absolute Gasteiger partial charge is 0.303 e. The van der Waals surface area contributed by atoms with Crippen molar-refractivity contribution in [1.82, 2.24) is 4.90 Å². The fourth-order valence-corrected chi connectivity index (χ4v) is 1.45. The lowest BCUT2D eigenvalue weighted by Gasteiger charge is -2.05. The van der Waals surface area contributed by atoms with Crippen molar-refractivity contribution in [1.29, 1.82) is 0 Å². The molecule has 3 nitrogen and oxygen atoms in total. The largest absolute Gasteiger partial charge is 0.338 e. The van der Waals surface area contributed by atoms with Gasteiger partial charge in [0.15, 0.2) is 0 Å². The lowest BCUT2D eigenvalue weighted by molar-refractivity contribution is 0.241. The van der Waals surface area contributed by atoms with Gasteiger partial charge in [0.2, 0.25) is 0 Å². The fourth-order valence-electron chi connectivity index (χ4n) is 1.00. The Hall–Kier alpha value is -1.55. The Morgan fingerprint density at radius 2 is 1.94 bits per heavy atom. The lowest BCUT2D eigenvalue weighted by atomic mass is 10.2. The molecule has 0 aliphatic rings. The summed E-state index contributed by atoms with van der Waals surface area (Å²) in [6, 6.07) is 9.97. The minimum atomic E-state index is -0.0718. The molecule has 1 aromatic carbocycles. The van der Waals surface area contributed by atoms with Gasteiger partial charge in [-0.05, 0) is 18.6 Å². The molecule has 0 heterocycles. The highest BCUT2D eigenvalue weighted by Gasteiger charge is 2.02. The zero-order valence-corrected chi connectivity index (χ0v) is 11.1. The number of nitrogens with zero attached hydrogens (tertiary/aromatic N) is 2. The van der Waals surface area contributed by atoms with Gasteiger partial charge < -0.3 is 4.90 Å². The maximum Gasteiger partial charge on any atom is 0.303 e. The van der Waals surface area contributed by atoms with Gasteiger partial charge in [0.1, 0.15) is 0 Å². The van der Waals surface area contributed by atoms with Crippen LogP contribution in [0.25, 0.3) is 6.08 Å². The Labute approximate surface area is 106 Å². The molecule has 17 heavy (non-hydrogen) atoms. The second kappa shape index (κ2) is 6.91. The van der Waals surface area contributed by atoms with Gasteiger partial charge in [0.25, 0.3) is 0 Å². The zero-order chi connectivity index (χ0) is 12.7. The van der Waals surface area contributed by atoms with Gasteiger partial charge in [-0.1, -0.05) is 36.4 Å². The van der Waals surface area contributed by atoms with E-state index >= 15 is 0 Å². The molecule has 0 atom stereocenters. The minimum absolute atomic E-state index is 0.0718. The van der Waals surface area contributed by atoms with E-state index in [-0.39, 0.29) is 5.24 Å². The number of amides is 1. The van der Waals surface area contributed by atoms with Crippen molar-refractivity contribution in [3.63, 3.8) is 0 Å². The molecular formula is C13H16N2OS. The standard InChI is InChI=1S/C13H16N2OS/c1-11(14-17-13(16)15(2)3)9-10-12-7-5-4-6-8-12/h4-10H,1-3H3/b10-9+,14-11+. The number of rotatable bonds is 3. The zero-order valence-electron chi connectivity index (χ0n) is 10.3. The Morgan fingerprint density at radius 3 is 2.53 bits per heavy atom. The van der Waals surface area contributed by atoms with Crippen LogP contribution in [0.1, 0.15) is 12.5 Å². The van der Waals surface area contributed by atoms with E-state index in [0.29, 0.717) is 0 Å². The molecule has 0 spiro atoms. The predicted octanol–water partition coefficient (Wildman–Crippen LogP) is 3.49. The molecule has 0 aromatic heterocycles. The van der Waals surface area contributed by atoms with Crippen molar-refractivity contribution in [2.24, 2.45) is 4.40 Å². The van der Waals surface area contributed by atoms with Crippen LogP contribution in [-0.4, -0.2) is 29.9 Å². The van der Waals surface area contributed by atoms with Gasteiger partial charge in [-0.2, -0.15) is 0 Å². The van der Waals surface area contributed by atoms with E-state index in [1.807, 2.05) is 49.4 Å². The van der Waals surface area contributed by atoms with Gasteiger partial charge in [-0.15, -0.1) is 0 Å². The quantitative estimate of drug-likeness (QED) is 0.606. The van der Waals surface area contributed by atoms with Crippen molar-refractivity contribution >= 4 is 29.0 Å². The van der Waals surface area contributed by atoms with E-state index < -0.39 is 0 Å². The van der Waals surface area contributed by atoms with Crippen LogP contribution in [0.2, 0.25) is 0 Å². The van der Waals surface area contributed by atoms with Crippen LogP contribution in [0.4, 0.5) is 4.79 Å². The normalized spacial score (nSPS) is 11.8. The number of benzene rings is 1. The summed E-state index contributed by atoms with van der Waals surface area (Å²) in [5.74, 6) is 0. The summed E-state index contributed by atoms with van der Waals surface area (Å²) in [7, 11) is 3.42. The highest BCUT2D eigenvalue weighted by Crippen LogP contribution is 2.09. The van der Waals surface area contributed by atoms with E-state index in [4.69, 9.17) is 0 Å². The van der Waals surface area contributed by atoms with Crippen LogP contribution in [0.15, 0.2) is 40.8 Å². The first-order chi connectivity index (χ1) is 8.09. The number of allylic oxidation sites excluding steroid dienone is 1. The molecule has 0 radical (unpaired) electrons. The second-order valence-corrected chi connectivity index (χ2v) is 4.44. The topological polar surface area (TPSA) is 32.7 Å². The van der Waals surface area contributed by atoms with Gasteiger partial charge in [-0.25, -0.2) is 4.40 Å². The number of hydrogen-bond donors (Lipinski definition) is 0. The fraction of sp³-hybridized carbons (Fsp3) is 0.231. The summed E-state index contributed by atoms with van der Waals surface area (Å²) < 4.78 is 4.12. The maximum absolute atomic E-state index is 11.3. The molecule has 1 amide bonds. The molecule has 0 saturated heterocycles. The van der Waals surface area contributed by atoms with Crippen LogP contribution in [0.5, 0.6) is 0 Å². The third-order valence-electron chi connectivity index (χ3n) is 1.95. The summed E-state index contributed by atoms with van der Waals surface area (Å²) in [5, 5.41) is -0.0718. The first kappa shape index (κ1) is 13.5. The third kappa shape index (κ3) is 5.36. The van der Waals surface area contributed by atoms with E-state index in [1.54, 1.807) is 14.1 Å². The van der Waals surface area contributed by atoms with Crippen LogP contribution in [-0.2, 0) is 0 Å². The molecule has 0 unspecified atom stereocenters. The number of carbonyl (C=O) groups excluding carboxylic acids is 1. The molecule has 1 aromatic rings. The Balaban J connectivity index is 2.54. The molecular weight excluding hydrogens is 232 g/mol. The molecule has 0 fully saturated rings. The summed E-state index contributed by atoms with van der Waals surface area (Å²) in [6.45, 7) is 1.87. The highest BCUT2D eigenvalue weighted by atomic mass is 32.2. The summed E-state index contributed by atoms with van der Waals surface area (Å²) in [4.78, 5) is 12.8. The van der Waals surface area contributed by atoms with Crippen molar-refractivity contribution in [3.05, 3.63) is 42.0 Å². The van der Waals surface area contributed by atoms with Crippen LogP contribution < -0.4 is 0 Å². The van der Waals surface area contributed by atoms with Gasteiger partial charge in [0, 0.05) is 19.8 Å². The number of hydrogen-bond acceptors (Lipinski definition) is 3. The molecule has 90 valence electrons. The highest BCUT2D eigenvalue weighted by molar-refractivity contribution is 8.12. The predicted molar refractivity (Wildman–Crippen MR) is 75.3 cm³/mol. The Kier molecular flexibility index (Phi) is 5.49. The lowest BCUT2D eigenvalue weighted by Crippen LogP contribution is -2.15. The molecule has 4 heteroatoms. The van der Waals surface area contributed by atoms with E-state index in [0.717, 1.165) is 23.2 Å².